The highest BCUT2D eigenvalue weighted by Gasteiger charge is 2.19. The number of rotatable bonds is 6. The van der Waals surface area contributed by atoms with Gasteiger partial charge in [-0.1, -0.05) is 42.9 Å². The van der Waals surface area contributed by atoms with Crippen molar-refractivity contribution < 1.29 is 23.4 Å². The molecule has 2 N–H and O–H groups in total. The van der Waals surface area contributed by atoms with Gasteiger partial charge in [0.25, 0.3) is 0 Å². The summed E-state index contributed by atoms with van der Waals surface area (Å²) in [5.74, 6) is -1.87. The second kappa shape index (κ2) is 8.89. The lowest BCUT2D eigenvalue weighted by Gasteiger charge is -2.12. The van der Waals surface area contributed by atoms with E-state index in [1.54, 1.807) is 6.20 Å². The van der Waals surface area contributed by atoms with Gasteiger partial charge >= 0.3 is 6.09 Å². The molecule has 6 nitrogen and oxygen atoms in total. The molecule has 0 aliphatic rings. The van der Waals surface area contributed by atoms with E-state index in [-0.39, 0.29) is 23.5 Å². The van der Waals surface area contributed by atoms with Crippen molar-refractivity contribution in [2.45, 2.75) is 26.5 Å². The van der Waals surface area contributed by atoms with Crippen LogP contribution in [0.3, 0.4) is 0 Å². The van der Waals surface area contributed by atoms with Crippen LogP contribution in [0.4, 0.5) is 18.7 Å². The van der Waals surface area contributed by atoms with Gasteiger partial charge in [-0.3, -0.25) is 5.32 Å². The number of benzene rings is 1. The summed E-state index contributed by atoms with van der Waals surface area (Å²) in [5.41, 5.74) is 0.990. The Bertz CT molecular complexity index is 1020. The van der Waals surface area contributed by atoms with Crippen LogP contribution in [0.25, 0.3) is 0 Å². The summed E-state index contributed by atoms with van der Waals surface area (Å²) in [7, 11) is 0. The molecule has 10 heteroatoms. The van der Waals surface area contributed by atoms with Crippen molar-refractivity contribution in [1.82, 2.24) is 9.55 Å². The predicted molar refractivity (Wildman–Crippen MR) is 106 cm³/mol. The molecule has 29 heavy (non-hydrogen) atoms. The molecule has 2 aromatic heterocycles. The number of carbonyl (C=O) groups is 1. The monoisotopic (exact) mass is 441 g/mol. The average Bonchev–Trinajstić information content (AvgIpc) is 3.23. The average molecular weight is 442 g/mol. The van der Waals surface area contributed by atoms with E-state index < -0.39 is 23.8 Å². The molecule has 3 aromatic rings. The number of nitrogens with zero attached hydrogens (tertiary/aromatic N) is 2. The number of anilines is 1. The number of hydrogen-bond donors (Lipinski definition) is 2. The number of aliphatic hydroxyl groups excluding tert-OH is 1. The van der Waals surface area contributed by atoms with Crippen molar-refractivity contribution in [3.05, 3.63) is 63.8 Å². The lowest BCUT2D eigenvalue weighted by atomic mass is 10.0. The van der Waals surface area contributed by atoms with Crippen LogP contribution < -0.4 is 10.1 Å². The molecular weight excluding hydrogens is 424 g/mol. The fraction of sp³-hybridized carbons (Fsp3) is 0.263. The number of aromatic nitrogens is 2. The fourth-order valence-corrected chi connectivity index (χ4v) is 3.42. The summed E-state index contributed by atoms with van der Waals surface area (Å²) in [6, 6.07) is 5.05. The Morgan fingerprint density at radius 1 is 1.34 bits per heavy atom. The van der Waals surface area contributed by atoms with Gasteiger partial charge in [-0.05, 0) is 23.6 Å². The fourth-order valence-electron chi connectivity index (χ4n) is 2.62. The predicted octanol–water partition coefficient (Wildman–Crippen LogP) is 5.22. The maximum Gasteiger partial charge on any atom is 0.420 e. The third-order valence-corrected chi connectivity index (χ3v) is 5.10. The zero-order valence-electron chi connectivity index (χ0n) is 15.5. The van der Waals surface area contributed by atoms with E-state index in [0.717, 1.165) is 23.5 Å². The Labute approximate surface area is 174 Å². The van der Waals surface area contributed by atoms with Crippen LogP contribution in [0.15, 0.2) is 36.7 Å². The van der Waals surface area contributed by atoms with Crippen molar-refractivity contribution in [2.24, 2.45) is 5.92 Å². The lowest BCUT2D eigenvalue weighted by Crippen LogP contribution is -2.18. The van der Waals surface area contributed by atoms with E-state index in [1.807, 2.05) is 13.8 Å². The highest BCUT2D eigenvalue weighted by atomic mass is 35.5. The van der Waals surface area contributed by atoms with Crippen molar-refractivity contribution >= 4 is 34.2 Å². The number of hydrogen-bond acceptors (Lipinski definition) is 5. The number of aliphatic hydroxyl groups is 1. The Morgan fingerprint density at radius 3 is 2.72 bits per heavy atom. The van der Waals surface area contributed by atoms with E-state index in [2.05, 4.69) is 10.3 Å². The first kappa shape index (κ1) is 21.2. The van der Waals surface area contributed by atoms with Crippen LogP contribution in [0.1, 0.15) is 31.1 Å². The van der Waals surface area contributed by atoms with Gasteiger partial charge in [-0.2, -0.15) is 0 Å². The SMILES string of the molecule is CC(C)C(O)c1cc(OC(=O)Nc2ncc(Cl)s2)n(Cc2ccc(F)c(F)c2)c1. The Morgan fingerprint density at radius 2 is 2.10 bits per heavy atom. The zero-order valence-corrected chi connectivity index (χ0v) is 17.1. The Balaban J connectivity index is 1.84. The van der Waals surface area contributed by atoms with Crippen molar-refractivity contribution in [3.63, 3.8) is 0 Å². The van der Waals surface area contributed by atoms with Gasteiger partial charge < -0.3 is 14.4 Å². The molecule has 154 valence electrons. The first-order chi connectivity index (χ1) is 13.7. The van der Waals surface area contributed by atoms with Gasteiger partial charge in [-0.25, -0.2) is 18.6 Å². The van der Waals surface area contributed by atoms with Gasteiger partial charge in [0.2, 0.25) is 5.88 Å². The molecule has 0 radical (unpaired) electrons. The molecule has 0 bridgehead atoms. The molecule has 0 saturated heterocycles. The summed E-state index contributed by atoms with van der Waals surface area (Å²) in [6.45, 7) is 3.79. The third kappa shape index (κ3) is 5.31. The molecular formula is C19H18ClF2N3O3S. The summed E-state index contributed by atoms with van der Waals surface area (Å²) < 4.78 is 34.0. The quantitative estimate of drug-likeness (QED) is 0.549. The minimum atomic E-state index is -0.974. The van der Waals surface area contributed by atoms with Gasteiger partial charge in [0, 0.05) is 17.8 Å². The molecule has 1 aromatic carbocycles. The maximum atomic E-state index is 13.5. The first-order valence-corrected chi connectivity index (χ1v) is 9.84. The number of thiazole rings is 1. The molecule has 0 spiro atoms. The second-order valence-electron chi connectivity index (χ2n) is 6.66. The van der Waals surface area contributed by atoms with Gasteiger partial charge in [0.15, 0.2) is 16.8 Å². The van der Waals surface area contributed by atoms with Gasteiger partial charge in [-0.15, -0.1) is 0 Å². The first-order valence-electron chi connectivity index (χ1n) is 8.65. The molecule has 0 aliphatic carbocycles. The Kier molecular flexibility index (Phi) is 6.51. The molecule has 2 heterocycles. The number of nitrogens with one attached hydrogen (secondary N) is 1. The molecule has 3 rings (SSSR count). The molecule has 1 amide bonds. The Hall–Kier alpha value is -2.49. The van der Waals surface area contributed by atoms with Crippen molar-refractivity contribution in [1.29, 1.82) is 0 Å². The minimum Gasteiger partial charge on any atom is -0.393 e. The second-order valence-corrected chi connectivity index (χ2v) is 8.32. The standard InChI is InChI=1S/C19H18ClF2N3O3S/c1-10(2)17(26)12-6-16(28-19(27)24-18-23-7-15(20)29-18)25(9-12)8-11-3-4-13(21)14(22)5-11/h3-7,9-10,17,26H,8H2,1-2H3,(H,23,24,27). The smallest absolute Gasteiger partial charge is 0.393 e. The number of amides is 1. The normalized spacial score (nSPS) is 12.2. The van der Waals surface area contributed by atoms with E-state index in [4.69, 9.17) is 16.3 Å². The van der Waals surface area contributed by atoms with Crippen LogP contribution >= 0.6 is 22.9 Å². The molecule has 1 atom stereocenters. The molecule has 0 aliphatic heterocycles. The minimum absolute atomic E-state index is 0.0757. The summed E-state index contributed by atoms with van der Waals surface area (Å²) in [4.78, 5) is 16.1. The molecule has 0 fully saturated rings. The number of halogens is 3. The van der Waals surface area contributed by atoms with Crippen LogP contribution in [0.2, 0.25) is 4.34 Å². The van der Waals surface area contributed by atoms with Gasteiger partial charge in [0.05, 0.1) is 18.8 Å². The lowest BCUT2D eigenvalue weighted by molar-refractivity contribution is 0.127. The number of ether oxygens (including phenoxy) is 1. The van der Waals surface area contributed by atoms with Crippen LogP contribution in [0, 0.1) is 17.6 Å². The molecule has 0 saturated carbocycles. The van der Waals surface area contributed by atoms with Gasteiger partial charge in [0.1, 0.15) is 4.34 Å². The van der Waals surface area contributed by atoms with E-state index in [0.29, 0.717) is 15.5 Å². The largest absolute Gasteiger partial charge is 0.420 e. The summed E-state index contributed by atoms with van der Waals surface area (Å²) >= 11 is 6.85. The van der Waals surface area contributed by atoms with Crippen LogP contribution in [0.5, 0.6) is 5.88 Å². The maximum absolute atomic E-state index is 13.5. The summed E-state index contributed by atoms with van der Waals surface area (Å²) in [6.07, 6.45) is 1.41. The third-order valence-electron chi connectivity index (χ3n) is 4.07. The van der Waals surface area contributed by atoms with Crippen molar-refractivity contribution in [3.8, 4) is 5.88 Å². The van der Waals surface area contributed by atoms with Crippen LogP contribution in [-0.4, -0.2) is 20.8 Å². The van der Waals surface area contributed by atoms with Crippen molar-refractivity contribution in [2.75, 3.05) is 5.32 Å². The van der Waals surface area contributed by atoms with E-state index in [1.165, 1.54) is 22.9 Å². The topological polar surface area (TPSA) is 76.4 Å². The highest BCUT2D eigenvalue weighted by Crippen LogP contribution is 2.29. The summed E-state index contributed by atoms with van der Waals surface area (Å²) in [5, 5.41) is 13.1. The van der Waals surface area contributed by atoms with E-state index >= 15 is 0 Å². The highest BCUT2D eigenvalue weighted by molar-refractivity contribution is 7.19. The molecule has 1 unspecified atom stereocenters. The van der Waals surface area contributed by atoms with Crippen LogP contribution in [-0.2, 0) is 6.54 Å². The number of carbonyl (C=O) groups excluding carboxylic acids is 1. The van der Waals surface area contributed by atoms with E-state index in [9.17, 15) is 18.7 Å². The zero-order chi connectivity index (χ0) is 21.1.